The highest BCUT2D eigenvalue weighted by atomic mass is 16.5. The van der Waals surface area contributed by atoms with Crippen molar-refractivity contribution < 1.29 is 15.3 Å². The second-order valence-corrected chi connectivity index (χ2v) is 8.76. The predicted molar refractivity (Wildman–Crippen MR) is 93.6 cm³/mol. The summed E-state index contributed by atoms with van der Waals surface area (Å²) in [5.41, 5.74) is 0.0767. The van der Waals surface area contributed by atoms with E-state index in [2.05, 4.69) is 40.3 Å². The van der Waals surface area contributed by atoms with Gasteiger partial charge in [-0.3, -0.25) is 0 Å². The van der Waals surface area contributed by atoms with E-state index in [1.54, 1.807) is 0 Å². The predicted octanol–water partition coefficient (Wildman–Crippen LogP) is 3.65. The fourth-order valence-corrected chi connectivity index (χ4v) is 5.11. The Balaban J connectivity index is 2.47. The average molecular weight is 322 g/mol. The van der Waals surface area contributed by atoms with Gasteiger partial charge in [0.05, 0.1) is 0 Å². The lowest BCUT2D eigenvalue weighted by molar-refractivity contribution is -0.316. The van der Waals surface area contributed by atoms with Crippen molar-refractivity contribution in [3.05, 3.63) is 24.3 Å². The minimum Gasteiger partial charge on any atom is -0.387 e. The summed E-state index contributed by atoms with van der Waals surface area (Å²) in [6.45, 7) is 14.3. The van der Waals surface area contributed by atoms with Gasteiger partial charge in [-0.25, -0.2) is 0 Å². The van der Waals surface area contributed by atoms with Crippen LogP contribution in [0.15, 0.2) is 24.3 Å². The van der Waals surface area contributed by atoms with Gasteiger partial charge < -0.3 is 15.3 Å². The van der Waals surface area contributed by atoms with Gasteiger partial charge in [-0.05, 0) is 48.9 Å². The van der Waals surface area contributed by atoms with Gasteiger partial charge in [0.25, 0.3) is 0 Å². The maximum atomic E-state index is 10.9. The van der Waals surface area contributed by atoms with Crippen LogP contribution in [0.3, 0.4) is 0 Å². The Morgan fingerprint density at radius 2 is 1.96 bits per heavy atom. The van der Waals surface area contributed by atoms with Crippen molar-refractivity contribution in [3.63, 3.8) is 0 Å². The van der Waals surface area contributed by atoms with E-state index in [1.165, 1.54) is 0 Å². The second kappa shape index (κ2) is 6.02. The first-order valence-electron chi connectivity index (χ1n) is 8.95. The summed E-state index contributed by atoms with van der Waals surface area (Å²) in [6.07, 6.45) is 6.27. The highest BCUT2D eigenvalue weighted by molar-refractivity contribution is 5.33. The standard InChI is InChI=1S/C20H34O3/c1-7-13(2)8-10-15-14(3)9-11-16-18(4,5)12-17(21)20(22,23)19(15,16)6/h7,11,13-15,17,21-23H,1,8-10,12H2,2-6H3/t13-,14+,15+,17?,19-/m1/s1. The molecule has 3 nitrogen and oxygen atoms in total. The molecule has 0 saturated heterocycles. The van der Waals surface area contributed by atoms with Gasteiger partial charge in [-0.2, -0.15) is 0 Å². The van der Waals surface area contributed by atoms with E-state index in [4.69, 9.17) is 0 Å². The van der Waals surface area contributed by atoms with Crippen LogP contribution in [0.25, 0.3) is 0 Å². The van der Waals surface area contributed by atoms with Gasteiger partial charge in [-0.1, -0.05) is 52.3 Å². The SMILES string of the molecule is C=C[C@@H](C)CC[C@H]1[C@@H](C)CC=C2C(C)(C)CC(O)C(O)(O)[C@@]21C. The van der Waals surface area contributed by atoms with Crippen LogP contribution in [0.5, 0.6) is 0 Å². The van der Waals surface area contributed by atoms with Crippen molar-refractivity contribution in [1.82, 2.24) is 0 Å². The van der Waals surface area contributed by atoms with E-state index in [9.17, 15) is 15.3 Å². The van der Waals surface area contributed by atoms with Crippen LogP contribution in [0.4, 0.5) is 0 Å². The van der Waals surface area contributed by atoms with Gasteiger partial charge in [-0.15, -0.1) is 6.58 Å². The topological polar surface area (TPSA) is 60.7 Å². The van der Waals surface area contributed by atoms with Crippen LogP contribution in [-0.2, 0) is 0 Å². The Morgan fingerprint density at radius 1 is 1.35 bits per heavy atom. The zero-order valence-corrected chi connectivity index (χ0v) is 15.3. The molecule has 1 saturated carbocycles. The molecule has 3 N–H and O–H groups in total. The molecule has 3 heteroatoms. The van der Waals surface area contributed by atoms with E-state index < -0.39 is 17.3 Å². The molecule has 0 bridgehead atoms. The second-order valence-electron chi connectivity index (χ2n) is 8.76. The summed E-state index contributed by atoms with van der Waals surface area (Å²) in [5, 5.41) is 32.2. The minimum absolute atomic E-state index is 0.133. The average Bonchev–Trinajstić information content (AvgIpc) is 2.44. The first-order chi connectivity index (χ1) is 10.5. The largest absolute Gasteiger partial charge is 0.387 e. The molecule has 0 heterocycles. The number of aliphatic hydroxyl groups excluding tert-OH is 1. The molecule has 132 valence electrons. The summed E-state index contributed by atoms with van der Waals surface area (Å²) in [6, 6.07) is 0. The van der Waals surface area contributed by atoms with Crippen LogP contribution in [0.2, 0.25) is 0 Å². The molecule has 23 heavy (non-hydrogen) atoms. The minimum atomic E-state index is -2.08. The highest BCUT2D eigenvalue weighted by Crippen LogP contribution is 2.62. The van der Waals surface area contributed by atoms with Gasteiger partial charge in [0, 0.05) is 5.41 Å². The zero-order chi connectivity index (χ0) is 17.6. The number of fused-ring (bicyclic) bond motifs is 1. The Bertz CT molecular complexity index is 491. The lowest BCUT2D eigenvalue weighted by Gasteiger charge is -2.61. The molecule has 5 atom stereocenters. The van der Waals surface area contributed by atoms with Gasteiger partial charge in [0.1, 0.15) is 6.10 Å². The van der Waals surface area contributed by atoms with E-state index in [0.717, 1.165) is 24.8 Å². The first kappa shape index (κ1) is 18.7. The monoisotopic (exact) mass is 322 g/mol. The number of rotatable bonds is 4. The molecule has 2 aliphatic carbocycles. The molecule has 0 aromatic heterocycles. The lowest BCUT2D eigenvalue weighted by Crippen LogP contribution is -2.66. The molecule has 0 spiro atoms. The van der Waals surface area contributed by atoms with Crippen molar-refractivity contribution in [2.45, 2.75) is 72.2 Å². The summed E-state index contributed by atoms with van der Waals surface area (Å²) >= 11 is 0. The number of aliphatic hydroxyl groups is 3. The van der Waals surface area contributed by atoms with Gasteiger partial charge in [0.15, 0.2) is 5.79 Å². The molecule has 2 aliphatic rings. The molecular formula is C20H34O3. The molecule has 0 aromatic rings. The van der Waals surface area contributed by atoms with E-state index in [-0.39, 0.29) is 11.3 Å². The van der Waals surface area contributed by atoms with E-state index in [0.29, 0.717) is 18.3 Å². The molecule has 0 aliphatic heterocycles. The van der Waals surface area contributed by atoms with E-state index in [1.807, 2.05) is 13.0 Å². The number of hydrogen-bond donors (Lipinski definition) is 3. The maximum absolute atomic E-state index is 10.9. The fraction of sp³-hybridized carbons (Fsp3) is 0.800. The van der Waals surface area contributed by atoms with Crippen LogP contribution in [0, 0.1) is 28.6 Å². The number of hydrogen-bond acceptors (Lipinski definition) is 3. The summed E-state index contributed by atoms with van der Waals surface area (Å²) in [4.78, 5) is 0. The van der Waals surface area contributed by atoms with Crippen LogP contribution in [0.1, 0.15) is 60.3 Å². The van der Waals surface area contributed by atoms with Crippen molar-refractivity contribution in [3.8, 4) is 0 Å². The third kappa shape index (κ3) is 2.81. The molecule has 0 amide bonds. The number of allylic oxidation sites excluding steroid dienone is 2. The lowest BCUT2D eigenvalue weighted by atomic mass is 9.47. The summed E-state index contributed by atoms with van der Waals surface area (Å²) in [7, 11) is 0. The third-order valence-corrected chi connectivity index (χ3v) is 6.68. The third-order valence-electron chi connectivity index (χ3n) is 6.68. The smallest absolute Gasteiger partial charge is 0.199 e. The van der Waals surface area contributed by atoms with Crippen LogP contribution >= 0.6 is 0 Å². The van der Waals surface area contributed by atoms with Gasteiger partial charge in [0.2, 0.25) is 0 Å². The van der Waals surface area contributed by atoms with Crippen molar-refractivity contribution in [2.24, 2.45) is 28.6 Å². The van der Waals surface area contributed by atoms with Gasteiger partial charge >= 0.3 is 0 Å². The molecular weight excluding hydrogens is 288 g/mol. The highest BCUT2D eigenvalue weighted by Gasteiger charge is 2.64. The Hall–Kier alpha value is -0.640. The van der Waals surface area contributed by atoms with Crippen LogP contribution < -0.4 is 0 Å². The molecule has 1 unspecified atom stereocenters. The molecule has 2 rings (SSSR count). The van der Waals surface area contributed by atoms with E-state index >= 15 is 0 Å². The molecule has 1 fully saturated rings. The Labute approximate surface area is 141 Å². The molecule has 0 radical (unpaired) electrons. The normalized spacial score (nSPS) is 40.0. The van der Waals surface area contributed by atoms with Crippen molar-refractivity contribution in [2.75, 3.05) is 0 Å². The fourth-order valence-electron chi connectivity index (χ4n) is 5.11. The quantitative estimate of drug-likeness (QED) is 0.547. The first-order valence-corrected chi connectivity index (χ1v) is 8.95. The van der Waals surface area contributed by atoms with Crippen molar-refractivity contribution >= 4 is 0 Å². The maximum Gasteiger partial charge on any atom is 0.199 e. The summed E-state index contributed by atoms with van der Waals surface area (Å²) < 4.78 is 0. The zero-order valence-electron chi connectivity index (χ0n) is 15.3. The van der Waals surface area contributed by atoms with Crippen molar-refractivity contribution in [1.29, 1.82) is 0 Å². The Morgan fingerprint density at radius 3 is 2.52 bits per heavy atom. The van der Waals surface area contributed by atoms with Crippen LogP contribution in [-0.4, -0.2) is 27.2 Å². The molecule has 0 aromatic carbocycles. The summed E-state index contributed by atoms with van der Waals surface area (Å²) in [5.74, 6) is -1.17. The Kier molecular flexibility index (Phi) is 4.89.